The van der Waals surface area contributed by atoms with Crippen LogP contribution in [0.25, 0.3) is 0 Å². The van der Waals surface area contributed by atoms with Crippen molar-refractivity contribution < 1.29 is 0 Å². The van der Waals surface area contributed by atoms with Gasteiger partial charge in [0.1, 0.15) is 0 Å². The Hall–Kier alpha value is 0. The van der Waals surface area contributed by atoms with Crippen molar-refractivity contribution in [2.45, 2.75) is 80.1 Å². The molecule has 1 rings (SSSR count). The molecule has 0 nitrogen and oxygen atoms in total. The smallest absolute Gasteiger partial charge is 0.0380 e. The maximum absolute atomic E-state index is 2.38. The molecule has 0 bridgehead atoms. The second-order valence-corrected chi connectivity index (χ2v) is 8.41. The molecule has 0 N–H and O–H groups in total. The Morgan fingerprint density at radius 1 is 0.812 bits per heavy atom. The molecule has 0 aromatic heterocycles. The summed E-state index contributed by atoms with van der Waals surface area (Å²) in [5, 5.41) is 0. The van der Waals surface area contributed by atoms with Crippen LogP contribution in [-0.2, 0) is 0 Å². The van der Waals surface area contributed by atoms with Crippen LogP contribution in [0.1, 0.15) is 80.1 Å². The van der Waals surface area contributed by atoms with Crippen LogP contribution in [0, 0.1) is 22.7 Å². The first kappa shape index (κ1) is 14.1. The summed E-state index contributed by atoms with van der Waals surface area (Å²) in [5.41, 5.74) is 1.06. The molecule has 1 saturated carbocycles. The van der Waals surface area contributed by atoms with Crippen molar-refractivity contribution in [3.63, 3.8) is 0 Å². The summed E-state index contributed by atoms with van der Waals surface area (Å²) in [6.45, 7) is 14.3. The Balaban J connectivity index is 2.25. The predicted molar refractivity (Wildman–Crippen MR) is 73.6 cm³/mol. The number of hydrogen-bond acceptors (Lipinski definition) is 0. The second kappa shape index (κ2) is 5.10. The first-order valence-corrected chi connectivity index (χ1v) is 7.16. The van der Waals surface area contributed by atoms with Crippen LogP contribution in [0.15, 0.2) is 0 Å². The lowest BCUT2D eigenvalue weighted by molar-refractivity contribution is 0.280. The molecular formula is C16H32. The van der Waals surface area contributed by atoms with Gasteiger partial charge in [-0.2, -0.15) is 0 Å². The van der Waals surface area contributed by atoms with Crippen molar-refractivity contribution in [3.05, 3.63) is 0 Å². The Bertz CT molecular complexity index is 201. The fourth-order valence-electron chi connectivity index (χ4n) is 3.13. The third kappa shape index (κ3) is 5.92. The average Bonchev–Trinajstić information content (AvgIpc) is 2.44. The molecule has 0 heterocycles. The summed E-state index contributed by atoms with van der Waals surface area (Å²) in [6, 6.07) is 0. The maximum atomic E-state index is 2.38. The molecule has 96 valence electrons. The highest BCUT2D eigenvalue weighted by molar-refractivity contribution is 4.80. The topological polar surface area (TPSA) is 0 Å². The van der Waals surface area contributed by atoms with Crippen LogP contribution in [0.2, 0.25) is 0 Å². The first-order valence-electron chi connectivity index (χ1n) is 7.16. The van der Waals surface area contributed by atoms with Gasteiger partial charge in [0.05, 0.1) is 0 Å². The second-order valence-electron chi connectivity index (χ2n) is 8.41. The van der Waals surface area contributed by atoms with E-state index in [0.717, 1.165) is 11.8 Å². The minimum atomic E-state index is 0.530. The van der Waals surface area contributed by atoms with Gasteiger partial charge in [0.15, 0.2) is 0 Å². The molecule has 2 unspecified atom stereocenters. The monoisotopic (exact) mass is 224 g/mol. The van der Waals surface area contributed by atoms with Crippen LogP contribution in [0.4, 0.5) is 0 Å². The summed E-state index contributed by atoms with van der Waals surface area (Å²) < 4.78 is 0. The zero-order valence-electron chi connectivity index (χ0n) is 12.4. The molecule has 0 aliphatic heterocycles. The molecule has 1 aliphatic rings. The highest BCUT2D eigenvalue weighted by Gasteiger charge is 2.28. The lowest BCUT2D eigenvalue weighted by atomic mass is 9.82. The summed E-state index contributed by atoms with van der Waals surface area (Å²) in [6.07, 6.45) is 8.79. The highest BCUT2D eigenvalue weighted by Crippen LogP contribution is 2.41. The number of rotatable bonds is 3. The van der Waals surface area contributed by atoms with Gasteiger partial charge in [-0.3, -0.25) is 0 Å². The van der Waals surface area contributed by atoms with Crippen molar-refractivity contribution in [3.8, 4) is 0 Å². The number of hydrogen-bond donors (Lipinski definition) is 0. The quantitative estimate of drug-likeness (QED) is 0.580. The van der Waals surface area contributed by atoms with E-state index in [1.807, 2.05) is 0 Å². The molecule has 1 fully saturated rings. The van der Waals surface area contributed by atoms with Crippen molar-refractivity contribution >= 4 is 0 Å². The van der Waals surface area contributed by atoms with E-state index in [1.54, 1.807) is 0 Å². The molecule has 1 aliphatic carbocycles. The van der Waals surface area contributed by atoms with Gasteiger partial charge in [-0.25, -0.2) is 0 Å². The molecule has 0 aromatic carbocycles. The van der Waals surface area contributed by atoms with Crippen LogP contribution < -0.4 is 0 Å². The van der Waals surface area contributed by atoms with E-state index in [0.29, 0.717) is 10.8 Å². The molecule has 0 heteroatoms. The van der Waals surface area contributed by atoms with Crippen molar-refractivity contribution in [2.24, 2.45) is 22.7 Å². The normalized spacial score (nSPS) is 27.4. The summed E-state index contributed by atoms with van der Waals surface area (Å²) in [7, 11) is 0. The van der Waals surface area contributed by atoms with E-state index in [9.17, 15) is 0 Å². The standard InChI is InChI=1S/C16H32/c1-15(2,3)10-9-13-7-8-14(11-13)12-16(4,5)6/h13-14H,7-12H2,1-6H3. The molecule has 0 radical (unpaired) electrons. The van der Waals surface area contributed by atoms with Crippen molar-refractivity contribution in [2.75, 3.05) is 0 Å². The van der Waals surface area contributed by atoms with Gasteiger partial charge in [0.25, 0.3) is 0 Å². The van der Waals surface area contributed by atoms with Crippen molar-refractivity contribution in [1.29, 1.82) is 0 Å². The Kier molecular flexibility index (Phi) is 4.49. The Labute approximate surface area is 103 Å². The largest absolute Gasteiger partial charge is 0.0602 e. The minimum absolute atomic E-state index is 0.530. The van der Waals surface area contributed by atoms with Crippen LogP contribution >= 0.6 is 0 Å². The van der Waals surface area contributed by atoms with E-state index >= 15 is 0 Å². The van der Waals surface area contributed by atoms with Gasteiger partial charge in [-0.05, 0) is 48.3 Å². The van der Waals surface area contributed by atoms with Gasteiger partial charge >= 0.3 is 0 Å². The Morgan fingerprint density at radius 3 is 1.88 bits per heavy atom. The highest BCUT2D eigenvalue weighted by atomic mass is 14.3. The zero-order chi connectivity index (χ0) is 12.4. The van der Waals surface area contributed by atoms with Gasteiger partial charge in [-0.1, -0.05) is 54.4 Å². The molecule has 2 atom stereocenters. The molecule has 16 heavy (non-hydrogen) atoms. The third-order valence-corrected chi connectivity index (χ3v) is 3.85. The van der Waals surface area contributed by atoms with E-state index in [1.165, 1.54) is 38.5 Å². The van der Waals surface area contributed by atoms with E-state index in [-0.39, 0.29) is 0 Å². The summed E-state index contributed by atoms with van der Waals surface area (Å²) in [4.78, 5) is 0. The Morgan fingerprint density at radius 2 is 1.38 bits per heavy atom. The zero-order valence-corrected chi connectivity index (χ0v) is 12.4. The predicted octanol–water partition coefficient (Wildman–Crippen LogP) is 5.67. The third-order valence-electron chi connectivity index (χ3n) is 3.85. The van der Waals surface area contributed by atoms with Gasteiger partial charge in [-0.15, -0.1) is 0 Å². The molecule has 0 amide bonds. The maximum Gasteiger partial charge on any atom is -0.0380 e. The average molecular weight is 224 g/mol. The van der Waals surface area contributed by atoms with Crippen LogP contribution in [-0.4, -0.2) is 0 Å². The summed E-state index contributed by atoms with van der Waals surface area (Å²) in [5.74, 6) is 2.05. The van der Waals surface area contributed by atoms with E-state index < -0.39 is 0 Å². The minimum Gasteiger partial charge on any atom is -0.0602 e. The van der Waals surface area contributed by atoms with E-state index in [4.69, 9.17) is 0 Å². The first-order chi connectivity index (χ1) is 7.16. The van der Waals surface area contributed by atoms with Gasteiger partial charge in [0.2, 0.25) is 0 Å². The van der Waals surface area contributed by atoms with Gasteiger partial charge < -0.3 is 0 Å². The fraction of sp³-hybridized carbons (Fsp3) is 1.00. The summed E-state index contributed by atoms with van der Waals surface area (Å²) >= 11 is 0. The van der Waals surface area contributed by atoms with Crippen molar-refractivity contribution in [1.82, 2.24) is 0 Å². The van der Waals surface area contributed by atoms with Crippen LogP contribution in [0.5, 0.6) is 0 Å². The lowest BCUT2D eigenvalue weighted by Gasteiger charge is -2.23. The molecule has 0 spiro atoms. The van der Waals surface area contributed by atoms with Gasteiger partial charge in [0, 0.05) is 0 Å². The molecule has 0 aromatic rings. The lowest BCUT2D eigenvalue weighted by Crippen LogP contribution is -2.12. The molecule has 0 saturated heterocycles. The fourth-order valence-corrected chi connectivity index (χ4v) is 3.13. The SMILES string of the molecule is CC(C)(C)CCC1CCC(CC(C)(C)C)C1. The van der Waals surface area contributed by atoms with E-state index in [2.05, 4.69) is 41.5 Å². The molecular weight excluding hydrogens is 192 g/mol. The van der Waals surface area contributed by atoms with Crippen LogP contribution in [0.3, 0.4) is 0 Å².